The molecule has 0 atom stereocenters. The van der Waals surface area contributed by atoms with Crippen molar-refractivity contribution >= 4 is 17.2 Å². The van der Waals surface area contributed by atoms with Gasteiger partial charge in [0.2, 0.25) is 11.8 Å². The van der Waals surface area contributed by atoms with E-state index in [-0.39, 0.29) is 18.9 Å². The molecule has 2 aromatic heterocycles. The van der Waals surface area contributed by atoms with Gasteiger partial charge in [0.15, 0.2) is 0 Å². The number of aryl methyl sites for hydroxylation is 1. The van der Waals surface area contributed by atoms with Gasteiger partial charge < -0.3 is 9.73 Å². The second-order valence-corrected chi connectivity index (χ2v) is 6.24. The fourth-order valence-electron chi connectivity index (χ4n) is 2.03. The van der Waals surface area contributed by atoms with E-state index in [9.17, 15) is 9.18 Å². The normalized spacial score (nSPS) is 10.7. The van der Waals surface area contributed by atoms with Crippen LogP contribution in [0.25, 0.3) is 10.8 Å². The van der Waals surface area contributed by atoms with Crippen molar-refractivity contribution in [3.8, 4) is 10.8 Å². The predicted molar refractivity (Wildman–Crippen MR) is 84.3 cm³/mol. The van der Waals surface area contributed by atoms with E-state index in [2.05, 4.69) is 15.5 Å². The highest BCUT2D eigenvalue weighted by Gasteiger charge is 2.12. The van der Waals surface area contributed by atoms with E-state index < -0.39 is 5.82 Å². The third-order valence-corrected chi connectivity index (χ3v) is 4.15. The summed E-state index contributed by atoms with van der Waals surface area (Å²) in [6, 6.07) is 10.1. The average Bonchev–Trinajstić information content (AvgIpc) is 3.16. The first-order valence-electron chi connectivity index (χ1n) is 7.01. The number of hydrogen-bond acceptors (Lipinski definition) is 5. The molecule has 0 unspecified atom stereocenters. The summed E-state index contributed by atoms with van der Waals surface area (Å²) in [7, 11) is 0. The lowest BCUT2D eigenvalue weighted by atomic mass is 10.1. The zero-order valence-corrected chi connectivity index (χ0v) is 13.2. The van der Waals surface area contributed by atoms with Crippen molar-refractivity contribution in [1.29, 1.82) is 0 Å². The quantitative estimate of drug-likeness (QED) is 0.780. The zero-order chi connectivity index (χ0) is 16.2. The van der Waals surface area contributed by atoms with Crippen LogP contribution in [0.1, 0.15) is 16.3 Å². The van der Waals surface area contributed by atoms with Gasteiger partial charge >= 0.3 is 0 Å². The van der Waals surface area contributed by atoms with Crippen LogP contribution >= 0.6 is 11.3 Å². The Balaban J connectivity index is 1.57. The Bertz CT molecular complexity index is 828. The summed E-state index contributed by atoms with van der Waals surface area (Å²) in [6.07, 6.45) is -0.0300. The van der Waals surface area contributed by atoms with Crippen LogP contribution in [0.3, 0.4) is 0 Å². The monoisotopic (exact) mass is 331 g/mol. The highest BCUT2D eigenvalue weighted by Crippen LogP contribution is 2.26. The number of aromatic nitrogens is 2. The van der Waals surface area contributed by atoms with Crippen LogP contribution in [0.2, 0.25) is 0 Å². The Hall–Kier alpha value is -2.54. The Kier molecular flexibility index (Phi) is 4.47. The second kappa shape index (κ2) is 6.70. The van der Waals surface area contributed by atoms with Gasteiger partial charge in [-0.1, -0.05) is 18.2 Å². The largest absolute Gasteiger partial charge is 0.418 e. The van der Waals surface area contributed by atoms with E-state index in [4.69, 9.17) is 4.42 Å². The van der Waals surface area contributed by atoms with Gasteiger partial charge in [-0.3, -0.25) is 4.79 Å². The minimum absolute atomic E-state index is 0.0300. The maximum Gasteiger partial charge on any atom is 0.257 e. The molecule has 0 saturated carbocycles. The summed E-state index contributed by atoms with van der Waals surface area (Å²) in [5, 5.41) is 10.5. The summed E-state index contributed by atoms with van der Waals surface area (Å²) in [5.74, 6) is 0.0481. The number of carbonyl (C=O) groups is 1. The number of carbonyl (C=O) groups excluding carboxylic acids is 1. The summed E-state index contributed by atoms with van der Waals surface area (Å²) in [5.41, 5.74) is 0.352. The van der Waals surface area contributed by atoms with Gasteiger partial charge in [0.05, 0.1) is 17.8 Å². The lowest BCUT2D eigenvalue weighted by Gasteiger charge is -2.03. The highest BCUT2D eigenvalue weighted by molar-refractivity contribution is 7.15. The van der Waals surface area contributed by atoms with E-state index >= 15 is 0 Å². The summed E-state index contributed by atoms with van der Waals surface area (Å²) in [4.78, 5) is 13.9. The third kappa shape index (κ3) is 3.81. The molecule has 0 aliphatic rings. The maximum absolute atomic E-state index is 13.5. The van der Waals surface area contributed by atoms with Gasteiger partial charge in [-0.15, -0.1) is 21.5 Å². The second-order valence-electron chi connectivity index (χ2n) is 4.96. The first-order chi connectivity index (χ1) is 11.1. The number of halogens is 1. The Morgan fingerprint density at radius 2 is 2.09 bits per heavy atom. The number of rotatable bonds is 5. The van der Waals surface area contributed by atoms with Crippen molar-refractivity contribution in [3.05, 3.63) is 58.5 Å². The van der Waals surface area contributed by atoms with Crippen molar-refractivity contribution in [3.63, 3.8) is 0 Å². The SMILES string of the molecule is Cc1ccc(-c2nnc(CNC(=O)Cc3ccccc3F)o2)s1. The minimum Gasteiger partial charge on any atom is -0.418 e. The van der Waals surface area contributed by atoms with Crippen LogP contribution in [0.15, 0.2) is 40.8 Å². The van der Waals surface area contributed by atoms with Crippen molar-refractivity contribution in [2.45, 2.75) is 19.9 Å². The molecule has 5 nitrogen and oxygen atoms in total. The van der Waals surface area contributed by atoms with Crippen LogP contribution in [0, 0.1) is 12.7 Å². The molecule has 0 aliphatic carbocycles. The molecule has 23 heavy (non-hydrogen) atoms. The van der Waals surface area contributed by atoms with Gasteiger partial charge in [-0.25, -0.2) is 4.39 Å². The van der Waals surface area contributed by atoms with Crippen LogP contribution in [0.4, 0.5) is 4.39 Å². The zero-order valence-electron chi connectivity index (χ0n) is 12.4. The molecular weight excluding hydrogens is 317 g/mol. The van der Waals surface area contributed by atoms with Crippen LogP contribution < -0.4 is 5.32 Å². The number of thiophene rings is 1. The molecule has 118 valence electrons. The number of hydrogen-bond donors (Lipinski definition) is 1. The first kappa shape index (κ1) is 15.4. The van der Waals surface area contributed by atoms with Crippen molar-refractivity contribution in [2.24, 2.45) is 0 Å². The fourth-order valence-corrected chi connectivity index (χ4v) is 2.81. The molecule has 0 saturated heterocycles. The summed E-state index contributed by atoms with van der Waals surface area (Å²) in [6.45, 7) is 2.11. The molecule has 3 aromatic rings. The van der Waals surface area contributed by atoms with Gasteiger partial charge in [0.1, 0.15) is 5.82 Å². The van der Waals surface area contributed by atoms with E-state index in [1.165, 1.54) is 6.07 Å². The minimum atomic E-state index is -0.393. The number of amides is 1. The average molecular weight is 331 g/mol. The molecule has 0 aliphatic heterocycles. The van der Waals surface area contributed by atoms with Gasteiger partial charge in [-0.05, 0) is 30.7 Å². The Morgan fingerprint density at radius 1 is 1.26 bits per heavy atom. The predicted octanol–water partition coefficient (Wildman–Crippen LogP) is 3.10. The lowest BCUT2D eigenvalue weighted by molar-refractivity contribution is -0.120. The van der Waals surface area contributed by atoms with Crippen molar-refractivity contribution in [1.82, 2.24) is 15.5 Å². The molecule has 1 amide bonds. The Morgan fingerprint density at radius 3 is 2.83 bits per heavy atom. The molecule has 0 radical (unpaired) electrons. The topological polar surface area (TPSA) is 68.0 Å². The maximum atomic E-state index is 13.5. The van der Waals surface area contributed by atoms with Crippen LogP contribution in [-0.2, 0) is 17.8 Å². The highest BCUT2D eigenvalue weighted by atomic mass is 32.1. The number of benzene rings is 1. The standard InChI is InChI=1S/C16H14FN3O2S/c1-10-6-7-13(23-10)16-20-19-15(22-16)9-18-14(21)8-11-4-2-3-5-12(11)17/h2-7H,8-9H2,1H3,(H,18,21). The van der Waals surface area contributed by atoms with E-state index in [1.807, 2.05) is 19.1 Å². The van der Waals surface area contributed by atoms with Gasteiger partial charge in [-0.2, -0.15) is 0 Å². The molecule has 0 fully saturated rings. The molecule has 3 rings (SSSR count). The van der Waals surface area contributed by atoms with E-state index in [1.54, 1.807) is 29.5 Å². The number of nitrogens with zero attached hydrogens (tertiary/aromatic N) is 2. The van der Waals surface area contributed by atoms with Crippen LogP contribution in [-0.4, -0.2) is 16.1 Å². The lowest BCUT2D eigenvalue weighted by Crippen LogP contribution is -2.25. The first-order valence-corrected chi connectivity index (χ1v) is 7.83. The molecule has 1 aromatic carbocycles. The van der Waals surface area contributed by atoms with E-state index in [0.29, 0.717) is 17.3 Å². The smallest absolute Gasteiger partial charge is 0.257 e. The molecular formula is C16H14FN3O2S. The molecule has 1 N–H and O–H groups in total. The molecule has 0 bridgehead atoms. The number of nitrogens with one attached hydrogen (secondary N) is 1. The van der Waals surface area contributed by atoms with Gasteiger partial charge in [0.25, 0.3) is 5.89 Å². The third-order valence-electron chi connectivity index (χ3n) is 3.16. The van der Waals surface area contributed by atoms with Crippen molar-refractivity contribution in [2.75, 3.05) is 0 Å². The molecule has 7 heteroatoms. The van der Waals surface area contributed by atoms with Crippen LogP contribution in [0.5, 0.6) is 0 Å². The Labute approximate surface area is 136 Å². The summed E-state index contributed by atoms with van der Waals surface area (Å²) >= 11 is 1.56. The fraction of sp³-hybridized carbons (Fsp3) is 0.188. The van der Waals surface area contributed by atoms with Gasteiger partial charge in [0, 0.05) is 4.88 Å². The molecule has 2 heterocycles. The molecule has 0 spiro atoms. The summed E-state index contributed by atoms with van der Waals surface area (Å²) < 4.78 is 19.0. The van der Waals surface area contributed by atoms with E-state index in [0.717, 1.165) is 9.75 Å². The van der Waals surface area contributed by atoms with Crippen molar-refractivity contribution < 1.29 is 13.6 Å².